The van der Waals surface area contributed by atoms with E-state index in [-0.39, 0.29) is 37.5 Å². The average Bonchev–Trinajstić information content (AvgIpc) is 3.26. The quantitative estimate of drug-likeness (QED) is 0.0263. The number of unbranched alkanes of at least 4 members (excludes halogenated alkanes) is 16. The number of ether oxygens (including phenoxy) is 3. The molecule has 6 heteroatoms. The van der Waals surface area contributed by atoms with Gasteiger partial charge in [-0.25, -0.2) is 0 Å². The minimum atomic E-state index is -0.810. The predicted octanol–water partition coefficient (Wildman–Crippen LogP) is 16.2. The van der Waals surface area contributed by atoms with Crippen molar-refractivity contribution in [3.63, 3.8) is 0 Å². The number of rotatable bonds is 43. The Morgan fingerprint density at radius 3 is 1.07 bits per heavy atom. The highest BCUT2D eigenvalue weighted by molar-refractivity contribution is 5.71. The van der Waals surface area contributed by atoms with Crippen LogP contribution in [0.5, 0.6) is 0 Å². The SMILES string of the molecule is CC/C=C\C/C=C\C/C=C\C/C=C\CCCCC(=O)O[C@@H](COC(=O)CCCCC/C=C\C/C=C\C/C=C\C/C=C\CCCCC)COC(=O)CCCCCCCCCCC. The topological polar surface area (TPSA) is 78.9 Å². The Labute approximate surface area is 375 Å². The molecule has 0 unspecified atom stereocenters. The molecular formula is C55H90O6. The third kappa shape index (κ3) is 47.2. The summed E-state index contributed by atoms with van der Waals surface area (Å²) in [5.74, 6) is -0.988. The molecule has 0 heterocycles. The number of carbonyl (C=O) groups is 3. The van der Waals surface area contributed by atoms with Crippen molar-refractivity contribution >= 4 is 17.9 Å². The van der Waals surface area contributed by atoms with E-state index in [0.717, 1.165) is 103 Å². The molecule has 0 saturated carbocycles. The third-order valence-corrected chi connectivity index (χ3v) is 10.1. The maximum Gasteiger partial charge on any atom is 0.306 e. The summed E-state index contributed by atoms with van der Waals surface area (Å²) in [6.45, 7) is 6.39. The standard InChI is InChI=1S/C55H90O6/c1-4-7-10-13-16-19-21-23-25-26-27-28-30-31-33-36-39-42-45-48-54(57)60-51-52(50-59-53(56)47-44-41-38-35-18-15-12-9-6-3)61-55(58)49-46-43-40-37-34-32-29-24-22-20-17-14-11-8-5-2/h8,11,16-17,19-20,23-25,27-29,31,33-34,37,52H,4-7,9-10,12-15,18,21-22,26,30,32,35-36,38-51H2,1-3H3/b11-8-,19-16-,20-17-,25-23-,28-27-,29-24-,33-31-,37-34-/t52-/m1/s1. The average molecular weight is 847 g/mol. The highest BCUT2D eigenvalue weighted by atomic mass is 16.6. The van der Waals surface area contributed by atoms with Crippen molar-refractivity contribution in [2.24, 2.45) is 0 Å². The first-order valence-corrected chi connectivity index (χ1v) is 24.7. The zero-order valence-corrected chi connectivity index (χ0v) is 39.4. The number of esters is 3. The lowest BCUT2D eigenvalue weighted by atomic mass is 10.1. The summed E-state index contributed by atoms with van der Waals surface area (Å²) in [5, 5.41) is 0. The molecule has 0 aliphatic heterocycles. The second kappa shape index (κ2) is 49.0. The van der Waals surface area contributed by atoms with Gasteiger partial charge in [0.2, 0.25) is 0 Å². The lowest BCUT2D eigenvalue weighted by molar-refractivity contribution is -0.167. The summed E-state index contributed by atoms with van der Waals surface area (Å²) >= 11 is 0. The number of hydrogen-bond acceptors (Lipinski definition) is 6. The van der Waals surface area contributed by atoms with Gasteiger partial charge in [0.25, 0.3) is 0 Å². The first-order chi connectivity index (χ1) is 30.0. The van der Waals surface area contributed by atoms with Gasteiger partial charge in [0.1, 0.15) is 13.2 Å². The van der Waals surface area contributed by atoms with Gasteiger partial charge in [-0.2, -0.15) is 0 Å². The number of hydrogen-bond donors (Lipinski definition) is 0. The maximum absolute atomic E-state index is 12.7. The van der Waals surface area contributed by atoms with Gasteiger partial charge in [0.15, 0.2) is 6.10 Å². The van der Waals surface area contributed by atoms with Crippen LogP contribution in [0.4, 0.5) is 0 Å². The van der Waals surface area contributed by atoms with E-state index in [0.29, 0.717) is 19.3 Å². The van der Waals surface area contributed by atoms with Crippen molar-refractivity contribution in [3.8, 4) is 0 Å². The van der Waals surface area contributed by atoms with Crippen LogP contribution in [0.1, 0.15) is 213 Å². The lowest BCUT2D eigenvalue weighted by Gasteiger charge is -2.18. The Morgan fingerprint density at radius 1 is 0.344 bits per heavy atom. The predicted molar refractivity (Wildman–Crippen MR) is 260 cm³/mol. The second-order valence-electron chi connectivity index (χ2n) is 16.0. The molecule has 0 aliphatic carbocycles. The van der Waals surface area contributed by atoms with Crippen LogP contribution in [0.2, 0.25) is 0 Å². The highest BCUT2D eigenvalue weighted by Crippen LogP contribution is 2.12. The molecule has 0 aliphatic rings. The molecule has 0 spiro atoms. The van der Waals surface area contributed by atoms with Crippen molar-refractivity contribution in [2.45, 2.75) is 219 Å². The first-order valence-electron chi connectivity index (χ1n) is 24.7. The first kappa shape index (κ1) is 57.3. The molecule has 0 amide bonds. The third-order valence-electron chi connectivity index (χ3n) is 10.1. The van der Waals surface area contributed by atoms with E-state index in [1.54, 1.807) is 0 Å². The minimum Gasteiger partial charge on any atom is -0.462 e. The molecule has 0 rings (SSSR count). The van der Waals surface area contributed by atoms with Gasteiger partial charge in [-0.3, -0.25) is 14.4 Å². The van der Waals surface area contributed by atoms with Gasteiger partial charge in [-0.15, -0.1) is 0 Å². The molecule has 0 aromatic heterocycles. The molecule has 0 aromatic rings. The number of allylic oxidation sites excluding steroid dienone is 16. The summed E-state index contributed by atoms with van der Waals surface area (Å²) in [4.78, 5) is 37.8. The van der Waals surface area contributed by atoms with E-state index in [1.165, 1.54) is 64.2 Å². The van der Waals surface area contributed by atoms with Crippen molar-refractivity contribution < 1.29 is 28.6 Å². The molecule has 61 heavy (non-hydrogen) atoms. The van der Waals surface area contributed by atoms with Crippen LogP contribution in [0.15, 0.2) is 97.2 Å². The van der Waals surface area contributed by atoms with Crippen LogP contribution >= 0.6 is 0 Å². The molecule has 0 radical (unpaired) electrons. The molecule has 1 atom stereocenters. The van der Waals surface area contributed by atoms with Gasteiger partial charge < -0.3 is 14.2 Å². The smallest absolute Gasteiger partial charge is 0.306 e. The number of carbonyl (C=O) groups excluding carboxylic acids is 3. The summed E-state index contributed by atoms with van der Waals surface area (Å²) < 4.78 is 16.7. The summed E-state index contributed by atoms with van der Waals surface area (Å²) in [6.07, 6.45) is 63.9. The van der Waals surface area contributed by atoms with Crippen LogP contribution in [-0.2, 0) is 28.6 Å². The van der Waals surface area contributed by atoms with Crippen LogP contribution in [0.3, 0.4) is 0 Å². The highest BCUT2D eigenvalue weighted by Gasteiger charge is 2.19. The Bertz CT molecular complexity index is 1250. The van der Waals surface area contributed by atoms with E-state index in [2.05, 4.69) is 118 Å². The fourth-order valence-electron chi connectivity index (χ4n) is 6.36. The van der Waals surface area contributed by atoms with Gasteiger partial charge in [0, 0.05) is 19.3 Å². The Hall–Kier alpha value is -3.67. The molecule has 0 aromatic carbocycles. The van der Waals surface area contributed by atoms with Crippen LogP contribution in [0.25, 0.3) is 0 Å². The molecule has 0 saturated heterocycles. The summed E-state index contributed by atoms with van der Waals surface area (Å²) in [6, 6.07) is 0. The molecular weight excluding hydrogens is 757 g/mol. The molecule has 0 bridgehead atoms. The van der Waals surface area contributed by atoms with E-state index >= 15 is 0 Å². The van der Waals surface area contributed by atoms with Crippen LogP contribution in [-0.4, -0.2) is 37.2 Å². The molecule has 6 nitrogen and oxygen atoms in total. The fourth-order valence-corrected chi connectivity index (χ4v) is 6.36. The van der Waals surface area contributed by atoms with E-state index in [4.69, 9.17) is 14.2 Å². The van der Waals surface area contributed by atoms with Gasteiger partial charge in [0.05, 0.1) is 0 Å². The zero-order valence-electron chi connectivity index (χ0n) is 39.4. The Kier molecular flexibility index (Phi) is 46.0. The summed E-state index contributed by atoms with van der Waals surface area (Å²) in [5.41, 5.74) is 0. The summed E-state index contributed by atoms with van der Waals surface area (Å²) in [7, 11) is 0. The normalized spacial score (nSPS) is 12.9. The van der Waals surface area contributed by atoms with Crippen LogP contribution < -0.4 is 0 Å². The van der Waals surface area contributed by atoms with Gasteiger partial charge in [-0.05, 0) is 103 Å². The molecule has 346 valence electrons. The van der Waals surface area contributed by atoms with Gasteiger partial charge >= 0.3 is 17.9 Å². The largest absolute Gasteiger partial charge is 0.462 e. The van der Waals surface area contributed by atoms with Crippen molar-refractivity contribution in [2.75, 3.05) is 13.2 Å². The maximum atomic E-state index is 12.7. The van der Waals surface area contributed by atoms with Crippen molar-refractivity contribution in [1.29, 1.82) is 0 Å². The lowest BCUT2D eigenvalue weighted by Crippen LogP contribution is -2.30. The van der Waals surface area contributed by atoms with E-state index in [1.807, 2.05) is 0 Å². The monoisotopic (exact) mass is 847 g/mol. The van der Waals surface area contributed by atoms with Crippen LogP contribution in [0, 0.1) is 0 Å². The second-order valence-corrected chi connectivity index (χ2v) is 16.0. The van der Waals surface area contributed by atoms with E-state index < -0.39 is 6.10 Å². The Morgan fingerprint density at radius 2 is 0.639 bits per heavy atom. The van der Waals surface area contributed by atoms with E-state index in [9.17, 15) is 14.4 Å². The minimum absolute atomic E-state index is 0.105. The van der Waals surface area contributed by atoms with Crippen molar-refractivity contribution in [3.05, 3.63) is 97.2 Å². The fraction of sp³-hybridized carbons (Fsp3) is 0.655. The molecule has 0 N–H and O–H groups in total. The Balaban J connectivity index is 4.47. The van der Waals surface area contributed by atoms with Gasteiger partial charge in [-0.1, -0.05) is 189 Å². The van der Waals surface area contributed by atoms with Crippen molar-refractivity contribution in [1.82, 2.24) is 0 Å². The zero-order chi connectivity index (χ0) is 44.4. The molecule has 0 fully saturated rings.